The van der Waals surface area contributed by atoms with E-state index in [0.29, 0.717) is 13.1 Å². The topological polar surface area (TPSA) is 61.8 Å². The van der Waals surface area contributed by atoms with Gasteiger partial charge in [0.15, 0.2) is 0 Å². The number of rotatable bonds is 6. The molecule has 132 valence electrons. The number of carbonyl (C=O) groups excluding carboxylic acids is 1. The van der Waals surface area contributed by atoms with E-state index in [2.05, 4.69) is 10.2 Å². The van der Waals surface area contributed by atoms with Crippen LogP contribution in [0.2, 0.25) is 0 Å². The van der Waals surface area contributed by atoms with Gasteiger partial charge in [0.05, 0.1) is 12.1 Å². The van der Waals surface area contributed by atoms with E-state index in [1.807, 2.05) is 60.7 Å². The smallest absolute Gasteiger partial charge is 0.407 e. The van der Waals surface area contributed by atoms with E-state index in [1.54, 1.807) is 0 Å². The molecule has 0 aromatic heterocycles. The summed E-state index contributed by atoms with van der Waals surface area (Å²) >= 11 is 0. The minimum atomic E-state index is -0.433. The average Bonchev–Trinajstić information content (AvgIpc) is 3.06. The van der Waals surface area contributed by atoms with E-state index < -0.39 is 6.09 Å². The molecule has 1 saturated heterocycles. The zero-order valence-corrected chi connectivity index (χ0v) is 14.2. The first kappa shape index (κ1) is 17.5. The molecule has 0 radical (unpaired) electrons. The zero-order valence-electron chi connectivity index (χ0n) is 14.2. The number of nitrogens with one attached hydrogen (secondary N) is 1. The largest absolute Gasteiger partial charge is 0.445 e. The van der Waals surface area contributed by atoms with Crippen LogP contribution in [0.1, 0.15) is 23.6 Å². The maximum atomic E-state index is 12.2. The van der Waals surface area contributed by atoms with Crippen molar-refractivity contribution in [2.75, 3.05) is 19.6 Å². The number of aliphatic hydroxyl groups is 1. The molecule has 1 aliphatic heterocycles. The maximum Gasteiger partial charge on any atom is 0.407 e. The Morgan fingerprint density at radius 1 is 1.16 bits per heavy atom. The molecular formula is C20H24N2O3. The van der Waals surface area contributed by atoms with Crippen molar-refractivity contribution in [3.8, 4) is 0 Å². The zero-order chi connectivity index (χ0) is 17.5. The van der Waals surface area contributed by atoms with Crippen molar-refractivity contribution in [3.63, 3.8) is 0 Å². The second kappa shape index (κ2) is 8.65. The summed E-state index contributed by atoms with van der Waals surface area (Å²) in [5.74, 6) is 0. The lowest BCUT2D eigenvalue weighted by atomic mass is 10.1. The van der Waals surface area contributed by atoms with Crippen LogP contribution in [-0.2, 0) is 11.3 Å². The first-order chi connectivity index (χ1) is 12.2. The van der Waals surface area contributed by atoms with E-state index in [4.69, 9.17) is 4.74 Å². The van der Waals surface area contributed by atoms with Gasteiger partial charge in [-0.1, -0.05) is 60.7 Å². The van der Waals surface area contributed by atoms with Crippen molar-refractivity contribution in [1.82, 2.24) is 10.2 Å². The lowest BCUT2D eigenvalue weighted by Gasteiger charge is -2.24. The highest BCUT2D eigenvalue weighted by atomic mass is 16.5. The highest BCUT2D eigenvalue weighted by Crippen LogP contribution is 2.18. The number of nitrogens with zero attached hydrogens (tertiary/aromatic N) is 1. The minimum absolute atomic E-state index is 0.172. The summed E-state index contributed by atoms with van der Waals surface area (Å²) in [6.45, 7) is 2.38. The highest BCUT2D eigenvalue weighted by Gasteiger charge is 2.25. The van der Waals surface area contributed by atoms with Crippen LogP contribution in [0, 0.1) is 0 Å². The van der Waals surface area contributed by atoms with Crippen molar-refractivity contribution >= 4 is 6.09 Å². The van der Waals surface area contributed by atoms with Gasteiger partial charge >= 0.3 is 6.09 Å². The molecule has 1 aliphatic rings. The molecule has 1 amide bonds. The molecule has 2 atom stereocenters. The number of benzene rings is 2. The predicted molar refractivity (Wildman–Crippen MR) is 96.0 cm³/mol. The van der Waals surface area contributed by atoms with Crippen LogP contribution in [0.25, 0.3) is 0 Å². The van der Waals surface area contributed by atoms with E-state index in [9.17, 15) is 9.90 Å². The summed E-state index contributed by atoms with van der Waals surface area (Å²) < 4.78 is 5.35. The Labute approximate surface area is 148 Å². The van der Waals surface area contributed by atoms with Gasteiger partial charge in [0.1, 0.15) is 6.61 Å². The van der Waals surface area contributed by atoms with Crippen LogP contribution in [-0.4, -0.2) is 41.8 Å². The molecule has 5 heteroatoms. The number of ether oxygens (including phenoxy) is 1. The van der Waals surface area contributed by atoms with Crippen molar-refractivity contribution in [2.45, 2.75) is 25.2 Å². The fraction of sp³-hybridized carbons (Fsp3) is 0.350. The number of hydrogen-bond acceptors (Lipinski definition) is 4. The Hall–Kier alpha value is -2.37. The molecule has 0 saturated carbocycles. The van der Waals surface area contributed by atoms with Crippen molar-refractivity contribution in [3.05, 3.63) is 71.8 Å². The summed E-state index contributed by atoms with van der Waals surface area (Å²) in [4.78, 5) is 14.4. The average molecular weight is 340 g/mol. The summed E-state index contributed by atoms with van der Waals surface area (Å²) in [5.41, 5.74) is 1.98. The molecule has 0 spiro atoms. The van der Waals surface area contributed by atoms with E-state index in [0.717, 1.165) is 24.1 Å². The second-order valence-electron chi connectivity index (χ2n) is 6.37. The molecule has 0 bridgehead atoms. The first-order valence-electron chi connectivity index (χ1n) is 8.63. The number of alkyl carbamates (subject to hydrolysis) is 1. The number of likely N-dealkylation sites (tertiary alicyclic amines) is 1. The van der Waals surface area contributed by atoms with Gasteiger partial charge in [-0.2, -0.15) is 0 Å². The molecule has 25 heavy (non-hydrogen) atoms. The summed E-state index contributed by atoms with van der Waals surface area (Å²) in [5, 5.41) is 12.7. The lowest BCUT2D eigenvalue weighted by Crippen LogP contribution is -2.37. The Morgan fingerprint density at radius 3 is 2.48 bits per heavy atom. The maximum absolute atomic E-state index is 12.2. The molecule has 1 heterocycles. The third-order valence-corrected chi connectivity index (χ3v) is 4.40. The number of β-amino-alcohol motifs (C(OH)–C–C–N with tert-alkyl or cyclic N) is 1. The third-order valence-electron chi connectivity index (χ3n) is 4.40. The van der Waals surface area contributed by atoms with Crippen LogP contribution < -0.4 is 5.32 Å². The first-order valence-corrected chi connectivity index (χ1v) is 8.63. The van der Waals surface area contributed by atoms with Crippen molar-refractivity contribution in [1.29, 1.82) is 0 Å². The van der Waals surface area contributed by atoms with Gasteiger partial charge in [0, 0.05) is 19.6 Å². The van der Waals surface area contributed by atoms with E-state index >= 15 is 0 Å². The van der Waals surface area contributed by atoms with Crippen LogP contribution in [0.3, 0.4) is 0 Å². The number of amides is 1. The van der Waals surface area contributed by atoms with Crippen LogP contribution in [0.4, 0.5) is 4.79 Å². The van der Waals surface area contributed by atoms with E-state index in [-0.39, 0.29) is 18.8 Å². The third kappa shape index (κ3) is 5.31. The van der Waals surface area contributed by atoms with Crippen molar-refractivity contribution < 1.29 is 14.6 Å². The number of aliphatic hydroxyl groups excluding tert-OH is 1. The molecule has 3 rings (SSSR count). The monoisotopic (exact) mass is 340 g/mol. The Balaban J connectivity index is 1.59. The predicted octanol–water partition coefficient (Wildman–Crippen LogP) is 2.72. The van der Waals surface area contributed by atoms with Crippen LogP contribution >= 0.6 is 0 Å². The quantitative estimate of drug-likeness (QED) is 0.849. The fourth-order valence-corrected chi connectivity index (χ4v) is 3.06. The molecule has 2 N–H and O–H groups in total. The lowest BCUT2D eigenvalue weighted by molar-refractivity contribution is 0.131. The normalized spacial score (nSPS) is 18.7. The summed E-state index contributed by atoms with van der Waals surface area (Å²) in [7, 11) is 0. The Kier molecular flexibility index (Phi) is 6.04. The summed E-state index contributed by atoms with van der Waals surface area (Å²) in [6.07, 6.45) is 0.0684. The standard InChI is InChI=1S/C20H24N2O3/c23-18-11-12-22(13-18)14-19(17-9-5-2-6-10-17)21-20(24)25-15-16-7-3-1-4-8-16/h1-10,18-19,23H,11-15H2,(H,21,24)/t18-,19+/m0/s1. The van der Waals surface area contributed by atoms with Gasteiger partial charge in [-0.3, -0.25) is 4.90 Å². The molecular weight excluding hydrogens is 316 g/mol. The van der Waals surface area contributed by atoms with Crippen LogP contribution in [0.5, 0.6) is 0 Å². The fourth-order valence-electron chi connectivity index (χ4n) is 3.06. The number of hydrogen-bond donors (Lipinski definition) is 2. The molecule has 0 unspecified atom stereocenters. The van der Waals surface area contributed by atoms with Gasteiger partial charge in [-0.15, -0.1) is 0 Å². The highest BCUT2D eigenvalue weighted by molar-refractivity contribution is 5.68. The number of carbonyl (C=O) groups is 1. The molecule has 2 aromatic rings. The molecule has 1 fully saturated rings. The molecule has 0 aliphatic carbocycles. The van der Waals surface area contributed by atoms with Gasteiger partial charge in [-0.05, 0) is 17.5 Å². The Bertz CT molecular complexity index is 663. The van der Waals surface area contributed by atoms with Gasteiger partial charge in [-0.25, -0.2) is 4.79 Å². The van der Waals surface area contributed by atoms with Crippen LogP contribution in [0.15, 0.2) is 60.7 Å². The molecule has 5 nitrogen and oxygen atoms in total. The van der Waals surface area contributed by atoms with Gasteiger partial charge in [0.25, 0.3) is 0 Å². The SMILES string of the molecule is O=C(N[C@H](CN1CC[C@H](O)C1)c1ccccc1)OCc1ccccc1. The Morgan fingerprint density at radius 2 is 1.84 bits per heavy atom. The minimum Gasteiger partial charge on any atom is -0.445 e. The van der Waals surface area contributed by atoms with Gasteiger partial charge < -0.3 is 15.2 Å². The van der Waals surface area contributed by atoms with E-state index in [1.165, 1.54) is 0 Å². The summed E-state index contributed by atoms with van der Waals surface area (Å²) in [6, 6.07) is 19.3. The second-order valence-corrected chi connectivity index (χ2v) is 6.37. The molecule has 2 aromatic carbocycles. The van der Waals surface area contributed by atoms with Crippen molar-refractivity contribution in [2.24, 2.45) is 0 Å². The van der Waals surface area contributed by atoms with Gasteiger partial charge in [0.2, 0.25) is 0 Å².